The molecule has 4 heteroatoms. The lowest BCUT2D eigenvalue weighted by molar-refractivity contribution is 0.229. The Morgan fingerprint density at radius 2 is 1.88 bits per heavy atom. The van der Waals surface area contributed by atoms with Gasteiger partial charge in [0, 0.05) is 0 Å². The van der Waals surface area contributed by atoms with Crippen molar-refractivity contribution in [1.82, 2.24) is 0 Å². The molecule has 0 saturated heterocycles. The molecule has 0 aromatic heterocycles. The molecule has 0 aromatic rings. The van der Waals surface area contributed by atoms with Crippen LogP contribution in [0, 0.1) is 0 Å². The summed E-state index contributed by atoms with van der Waals surface area (Å²) in [6.45, 7) is 0.783. The van der Waals surface area contributed by atoms with E-state index in [2.05, 4.69) is 0 Å². The maximum Gasteiger partial charge on any atom is 0.305 e. The lowest BCUT2D eigenvalue weighted by Gasteiger charge is -1.93. The van der Waals surface area contributed by atoms with Gasteiger partial charge in [0.1, 0.15) is 0 Å². The molecule has 0 rings (SSSR count). The molecular weight excluding hydrogens is 121 g/mol. The van der Waals surface area contributed by atoms with Crippen LogP contribution in [0.4, 0.5) is 13.2 Å². The van der Waals surface area contributed by atoms with Crippen LogP contribution in [0.1, 0.15) is 6.92 Å². The average molecular weight is 126 g/mol. The minimum Gasteiger partial charge on any atom is -0.484 e. The molecule has 0 fully saturated rings. The fourth-order valence-corrected chi connectivity index (χ4v) is 0.164. The first-order valence-electron chi connectivity index (χ1n) is 1.94. The highest BCUT2D eigenvalue weighted by Crippen LogP contribution is 2.11. The van der Waals surface area contributed by atoms with Gasteiger partial charge in [-0.05, 0) is 6.92 Å². The van der Waals surface area contributed by atoms with Gasteiger partial charge >= 0.3 is 6.01 Å². The van der Waals surface area contributed by atoms with Gasteiger partial charge in [0.2, 0.25) is 5.83 Å². The fraction of sp³-hybridized carbons (Fsp3) is 0.500. The van der Waals surface area contributed by atoms with Crippen molar-refractivity contribution in [2.75, 3.05) is 0 Å². The molecule has 0 bridgehead atoms. The molecule has 0 amide bonds. The van der Waals surface area contributed by atoms with Crippen LogP contribution in [0.3, 0.4) is 0 Å². The van der Waals surface area contributed by atoms with Crippen LogP contribution in [0.15, 0.2) is 11.8 Å². The normalized spacial score (nSPS) is 17.5. The SMILES string of the molecule is CC(F)/C(F)=C(/O)F. The van der Waals surface area contributed by atoms with Gasteiger partial charge in [0.05, 0.1) is 0 Å². The van der Waals surface area contributed by atoms with E-state index in [0.717, 1.165) is 6.92 Å². The van der Waals surface area contributed by atoms with Crippen LogP contribution in [0.25, 0.3) is 0 Å². The Kier molecular flexibility index (Phi) is 2.37. The Bertz CT molecular complexity index is 104. The third-order valence-corrected chi connectivity index (χ3v) is 0.546. The summed E-state index contributed by atoms with van der Waals surface area (Å²) in [6, 6.07) is -2.08. The third-order valence-electron chi connectivity index (χ3n) is 0.546. The summed E-state index contributed by atoms with van der Waals surface area (Å²) in [5, 5.41) is 7.59. The zero-order valence-electron chi connectivity index (χ0n) is 4.16. The van der Waals surface area contributed by atoms with Crippen LogP contribution in [0.5, 0.6) is 0 Å². The fourth-order valence-electron chi connectivity index (χ4n) is 0.164. The number of aliphatic hydroxyl groups is 1. The first-order valence-corrected chi connectivity index (χ1v) is 1.94. The Labute approximate surface area is 44.4 Å². The van der Waals surface area contributed by atoms with E-state index in [1.54, 1.807) is 0 Å². The van der Waals surface area contributed by atoms with Gasteiger partial charge in [-0.1, -0.05) is 0 Å². The van der Waals surface area contributed by atoms with E-state index < -0.39 is 18.0 Å². The van der Waals surface area contributed by atoms with Gasteiger partial charge < -0.3 is 5.11 Å². The lowest BCUT2D eigenvalue weighted by Crippen LogP contribution is -1.94. The molecule has 1 atom stereocenters. The quantitative estimate of drug-likeness (QED) is 0.533. The second-order valence-electron chi connectivity index (χ2n) is 1.25. The molecule has 0 heterocycles. The molecule has 0 aliphatic rings. The second kappa shape index (κ2) is 2.59. The van der Waals surface area contributed by atoms with Gasteiger partial charge in [-0.3, -0.25) is 0 Å². The smallest absolute Gasteiger partial charge is 0.305 e. The van der Waals surface area contributed by atoms with E-state index in [9.17, 15) is 13.2 Å². The predicted octanol–water partition coefficient (Wildman–Crippen LogP) is 2.01. The van der Waals surface area contributed by atoms with Crippen molar-refractivity contribution in [1.29, 1.82) is 0 Å². The highest BCUT2D eigenvalue weighted by atomic mass is 19.2. The van der Waals surface area contributed by atoms with E-state index in [4.69, 9.17) is 5.11 Å². The van der Waals surface area contributed by atoms with Gasteiger partial charge in [-0.2, -0.15) is 4.39 Å². The summed E-state index contributed by atoms with van der Waals surface area (Å²) in [5.41, 5.74) is 0. The lowest BCUT2D eigenvalue weighted by atomic mass is 10.4. The summed E-state index contributed by atoms with van der Waals surface area (Å²) in [4.78, 5) is 0. The number of hydrogen-bond acceptors (Lipinski definition) is 1. The minimum atomic E-state index is -2.08. The van der Waals surface area contributed by atoms with Gasteiger partial charge in [-0.25, -0.2) is 8.78 Å². The van der Waals surface area contributed by atoms with Crippen molar-refractivity contribution in [2.24, 2.45) is 0 Å². The molecule has 8 heavy (non-hydrogen) atoms. The van der Waals surface area contributed by atoms with Crippen molar-refractivity contribution in [3.8, 4) is 0 Å². The monoisotopic (exact) mass is 126 g/mol. The summed E-state index contributed by atoms with van der Waals surface area (Å²) in [7, 11) is 0. The molecule has 1 N–H and O–H groups in total. The molecule has 1 unspecified atom stereocenters. The van der Waals surface area contributed by atoms with Crippen molar-refractivity contribution >= 4 is 0 Å². The van der Waals surface area contributed by atoms with E-state index in [0.29, 0.717) is 0 Å². The zero-order valence-corrected chi connectivity index (χ0v) is 4.16. The number of aliphatic hydroxyl groups excluding tert-OH is 1. The first-order chi connectivity index (χ1) is 3.55. The van der Waals surface area contributed by atoms with E-state index >= 15 is 0 Å². The standard InChI is InChI=1S/C4H5F3O/c1-2(5)3(6)4(7)8/h2,8H,1H3/b4-3-. The zero-order chi connectivity index (χ0) is 6.73. The second-order valence-corrected chi connectivity index (χ2v) is 1.25. The maximum atomic E-state index is 11.5. The summed E-state index contributed by atoms with van der Waals surface area (Å²) < 4.78 is 34.2. The molecule has 0 saturated carbocycles. The summed E-state index contributed by atoms with van der Waals surface area (Å²) in [5.74, 6) is -1.76. The number of alkyl halides is 1. The Hall–Kier alpha value is -0.670. The Morgan fingerprint density at radius 3 is 1.88 bits per heavy atom. The van der Waals surface area contributed by atoms with E-state index in [-0.39, 0.29) is 0 Å². The summed E-state index contributed by atoms with van der Waals surface area (Å²) in [6.07, 6.45) is -2.07. The molecule has 0 radical (unpaired) electrons. The van der Waals surface area contributed by atoms with Crippen molar-refractivity contribution < 1.29 is 18.3 Å². The van der Waals surface area contributed by atoms with Crippen LogP contribution < -0.4 is 0 Å². The number of hydrogen-bond donors (Lipinski definition) is 1. The molecule has 0 aliphatic carbocycles. The highest BCUT2D eigenvalue weighted by Gasteiger charge is 2.11. The van der Waals surface area contributed by atoms with Gasteiger partial charge in [0.15, 0.2) is 6.17 Å². The van der Waals surface area contributed by atoms with E-state index in [1.165, 1.54) is 0 Å². The van der Waals surface area contributed by atoms with Crippen molar-refractivity contribution in [2.45, 2.75) is 13.1 Å². The van der Waals surface area contributed by atoms with Gasteiger partial charge in [-0.15, -0.1) is 0 Å². The third kappa shape index (κ3) is 1.86. The minimum absolute atomic E-state index is 0.783. The van der Waals surface area contributed by atoms with Crippen molar-refractivity contribution in [3.05, 3.63) is 11.8 Å². The maximum absolute atomic E-state index is 11.5. The Morgan fingerprint density at radius 1 is 1.50 bits per heavy atom. The number of allylic oxidation sites excluding steroid dienone is 1. The van der Waals surface area contributed by atoms with Crippen molar-refractivity contribution in [3.63, 3.8) is 0 Å². The topological polar surface area (TPSA) is 20.2 Å². The largest absolute Gasteiger partial charge is 0.484 e. The summed E-state index contributed by atoms with van der Waals surface area (Å²) >= 11 is 0. The number of rotatable bonds is 1. The molecular formula is C4H5F3O. The average Bonchev–Trinajstić information content (AvgIpc) is 1.64. The van der Waals surface area contributed by atoms with Crippen LogP contribution in [-0.4, -0.2) is 11.3 Å². The molecule has 0 aromatic carbocycles. The number of halogens is 3. The molecule has 48 valence electrons. The molecule has 0 aliphatic heterocycles. The Balaban J connectivity index is 4.00. The first kappa shape index (κ1) is 7.33. The van der Waals surface area contributed by atoms with Gasteiger partial charge in [0.25, 0.3) is 0 Å². The van der Waals surface area contributed by atoms with E-state index in [1.807, 2.05) is 0 Å². The van der Waals surface area contributed by atoms with Crippen LogP contribution in [-0.2, 0) is 0 Å². The molecule has 0 spiro atoms. The highest BCUT2D eigenvalue weighted by molar-refractivity contribution is 4.95. The molecule has 1 nitrogen and oxygen atoms in total. The van der Waals surface area contributed by atoms with Crippen LogP contribution >= 0.6 is 0 Å². The predicted molar refractivity (Wildman–Crippen MR) is 22.4 cm³/mol. The van der Waals surface area contributed by atoms with Crippen LogP contribution in [0.2, 0.25) is 0 Å².